The molecule has 6 heteroatoms. The first-order chi connectivity index (χ1) is 14.0. The lowest BCUT2D eigenvalue weighted by Crippen LogP contribution is -2.25. The lowest BCUT2D eigenvalue weighted by Gasteiger charge is -2.19. The van der Waals surface area contributed by atoms with Gasteiger partial charge >= 0.3 is 0 Å². The smallest absolute Gasteiger partial charge is 0.139 e. The molecule has 0 spiro atoms. The van der Waals surface area contributed by atoms with Crippen molar-refractivity contribution in [2.45, 2.75) is 13.8 Å². The molecule has 0 amide bonds. The molecule has 0 saturated heterocycles. The average molecular weight is 406 g/mol. The third kappa shape index (κ3) is 4.03. The SMILES string of the molecule is CC(C)COc1ccc(N2CC(O)=C(c3nc(-c4ccccc4)cs3)C2=N)cc1. The highest BCUT2D eigenvalue weighted by Crippen LogP contribution is 2.34. The van der Waals surface area contributed by atoms with E-state index in [4.69, 9.17) is 10.1 Å². The van der Waals surface area contributed by atoms with Crippen molar-refractivity contribution in [2.24, 2.45) is 5.92 Å². The van der Waals surface area contributed by atoms with E-state index in [2.05, 4.69) is 18.8 Å². The monoisotopic (exact) mass is 405 g/mol. The molecular weight excluding hydrogens is 382 g/mol. The molecule has 0 radical (unpaired) electrons. The first kappa shape index (κ1) is 19.2. The van der Waals surface area contributed by atoms with Crippen LogP contribution in [0.25, 0.3) is 16.8 Å². The molecule has 2 aromatic carbocycles. The van der Waals surface area contributed by atoms with Crippen LogP contribution in [0.1, 0.15) is 18.9 Å². The van der Waals surface area contributed by atoms with Crippen molar-refractivity contribution in [3.8, 4) is 17.0 Å². The van der Waals surface area contributed by atoms with E-state index in [9.17, 15) is 5.11 Å². The molecule has 29 heavy (non-hydrogen) atoms. The highest BCUT2D eigenvalue weighted by molar-refractivity contribution is 7.11. The Balaban J connectivity index is 1.52. The second-order valence-electron chi connectivity index (χ2n) is 7.36. The summed E-state index contributed by atoms with van der Waals surface area (Å²) in [4.78, 5) is 6.44. The van der Waals surface area contributed by atoms with Crippen LogP contribution in [0.4, 0.5) is 5.69 Å². The van der Waals surface area contributed by atoms with Gasteiger partial charge < -0.3 is 14.7 Å². The van der Waals surface area contributed by atoms with Crippen molar-refractivity contribution in [3.63, 3.8) is 0 Å². The summed E-state index contributed by atoms with van der Waals surface area (Å²) in [5, 5.41) is 21.8. The van der Waals surface area contributed by atoms with Crippen molar-refractivity contribution in [1.82, 2.24) is 4.98 Å². The number of nitrogens with zero attached hydrogens (tertiary/aromatic N) is 2. The van der Waals surface area contributed by atoms with Crippen LogP contribution in [0.2, 0.25) is 0 Å². The molecule has 1 aromatic heterocycles. The van der Waals surface area contributed by atoms with Crippen LogP contribution < -0.4 is 9.64 Å². The standard InChI is InChI=1S/C23H23N3O2S/c1-15(2)13-28-18-10-8-17(9-11-18)26-12-20(27)21(22(26)24)23-25-19(14-29-23)16-6-4-3-5-7-16/h3-11,14-15,24,27H,12-13H2,1-2H3. The first-order valence-corrected chi connectivity index (χ1v) is 10.4. The average Bonchev–Trinajstić information content (AvgIpc) is 3.32. The predicted molar refractivity (Wildman–Crippen MR) is 119 cm³/mol. The minimum atomic E-state index is 0.170. The van der Waals surface area contributed by atoms with Gasteiger partial charge in [-0.1, -0.05) is 44.2 Å². The summed E-state index contributed by atoms with van der Waals surface area (Å²) < 4.78 is 5.73. The van der Waals surface area contributed by atoms with Crippen LogP contribution in [-0.2, 0) is 0 Å². The minimum absolute atomic E-state index is 0.170. The van der Waals surface area contributed by atoms with Crippen molar-refractivity contribution >= 4 is 28.4 Å². The Hall–Kier alpha value is -3.12. The lowest BCUT2D eigenvalue weighted by atomic mass is 10.2. The van der Waals surface area contributed by atoms with Crippen molar-refractivity contribution < 1.29 is 9.84 Å². The Morgan fingerprint density at radius 2 is 1.86 bits per heavy atom. The molecule has 4 rings (SSSR count). The zero-order valence-electron chi connectivity index (χ0n) is 16.4. The van der Waals surface area contributed by atoms with Crippen LogP contribution in [0.5, 0.6) is 5.75 Å². The number of aromatic nitrogens is 1. The Labute approximate surface area is 174 Å². The topological polar surface area (TPSA) is 69.4 Å². The number of benzene rings is 2. The number of thiazole rings is 1. The van der Waals surface area contributed by atoms with E-state index in [1.54, 1.807) is 4.90 Å². The number of hydrogen-bond acceptors (Lipinski definition) is 5. The maximum atomic E-state index is 10.6. The summed E-state index contributed by atoms with van der Waals surface area (Å²) in [6.07, 6.45) is 0. The van der Waals surface area contributed by atoms with E-state index in [1.165, 1.54) is 11.3 Å². The molecular formula is C23H23N3O2S. The number of hydrogen-bond donors (Lipinski definition) is 2. The summed E-state index contributed by atoms with van der Waals surface area (Å²) in [6.45, 7) is 5.15. The normalized spacial score (nSPS) is 14.2. The van der Waals surface area contributed by atoms with Gasteiger partial charge in [-0.25, -0.2) is 4.98 Å². The third-order valence-corrected chi connectivity index (χ3v) is 5.48. The molecule has 1 aliphatic rings. The molecule has 0 atom stereocenters. The Kier molecular flexibility index (Phi) is 5.36. The molecule has 148 valence electrons. The van der Waals surface area contributed by atoms with Crippen LogP contribution in [0.15, 0.2) is 65.7 Å². The number of aliphatic hydroxyl groups is 1. The van der Waals surface area contributed by atoms with Crippen LogP contribution >= 0.6 is 11.3 Å². The van der Waals surface area contributed by atoms with Gasteiger partial charge in [-0.3, -0.25) is 5.41 Å². The van der Waals surface area contributed by atoms with Crippen LogP contribution in [0, 0.1) is 11.3 Å². The van der Waals surface area contributed by atoms with Gasteiger partial charge in [0.15, 0.2) is 0 Å². The molecule has 1 aliphatic heterocycles. The van der Waals surface area contributed by atoms with E-state index < -0.39 is 0 Å². The second kappa shape index (κ2) is 8.09. The van der Waals surface area contributed by atoms with Gasteiger partial charge in [0.05, 0.1) is 24.4 Å². The summed E-state index contributed by atoms with van der Waals surface area (Å²) in [5.74, 6) is 1.69. The minimum Gasteiger partial charge on any atom is -0.510 e. The molecule has 5 nitrogen and oxygen atoms in total. The molecule has 0 bridgehead atoms. The number of nitrogens with one attached hydrogen (secondary N) is 1. The van der Waals surface area contributed by atoms with Gasteiger partial charge in [0, 0.05) is 16.6 Å². The highest BCUT2D eigenvalue weighted by Gasteiger charge is 2.31. The molecule has 0 aliphatic carbocycles. The van der Waals surface area contributed by atoms with E-state index in [-0.39, 0.29) is 18.1 Å². The summed E-state index contributed by atoms with van der Waals surface area (Å²) in [7, 11) is 0. The zero-order valence-corrected chi connectivity index (χ0v) is 17.2. The lowest BCUT2D eigenvalue weighted by molar-refractivity contribution is 0.271. The summed E-state index contributed by atoms with van der Waals surface area (Å²) >= 11 is 1.44. The number of aliphatic hydroxyl groups excluding tert-OH is 1. The molecule has 2 N–H and O–H groups in total. The quantitative estimate of drug-likeness (QED) is 0.559. The Morgan fingerprint density at radius 3 is 2.55 bits per heavy atom. The fraction of sp³-hybridized carbons (Fsp3) is 0.217. The van der Waals surface area contributed by atoms with E-state index in [0.717, 1.165) is 22.7 Å². The fourth-order valence-electron chi connectivity index (χ4n) is 3.14. The molecule has 2 heterocycles. The van der Waals surface area contributed by atoms with Gasteiger partial charge in [-0.15, -0.1) is 11.3 Å². The largest absolute Gasteiger partial charge is 0.510 e. The summed E-state index contributed by atoms with van der Waals surface area (Å²) in [5.41, 5.74) is 3.21. The van der Waals surface area contributed by atoms with E-state index in [1.807, 2.05) is 60.0 Å². The predicted octanol–water partition coefficient (Wildman–Crippen LogP) is 5.61. The second-order valence-corrected chi connectivity index (χ2v) is 8.22. The molecule has 3 aromatic rings. The maximum Gasteiger partial charge on any atom is 0.139 e. The maximum absolute atomic E-state index is 10.6. The fourth-order valence-corrected chi connectivity index (χ4v) is 4.04. The Morgan fingerprint density at radius 1 is 1.14 bits per heavy atom. The van der Waals surface area contributed by atoms with Gasteiger partial charge in [0.2, 0.25) is 0 Å². The van der Waals surface area contributed by atoms with Gasteiger partial charge in [0.25, 0.3) is 0 Å². The van der Waals surface area contributed by atoms with Crippen molar-refractivity contribution in [1.29, 1.82) is 5.41 Å². The Bertz CT molecular complexity index is 1040. The molecule has 0 saturated carbocycles. The first-order valence-electron chi connectivity index (χ1n) is 9.55. The zero-order chi connectivity index (χ0) is 20.4. The van der Waals surface area contributed by atoms with Gasteiger partial charge in [-0.2, -0.15) is 0 Å². The number of anilines is 1. The van der Waals surface area contributed by atoms with Crippen LogP contribution in [0.3, 0.4) is 0 Å². The molecule has 0 unspecified atom stereocenters. The highest BCUT2D eigenvalue weighted by atomic mass is 32.1. The van der Waals surface area contributed by atoms with Gasteiger partial charge in [0.1, 0.15) is 22.4 Å². The van der Waals surface area contributed by atoms with E-state index in [0.29, 0.717) is 23.1 Å². The van der Waals surface area contributed by atoms with Crippen molar-refractivity contribution in [3.05, 3.63) is 70.7 Å². The number of rotatable bonds is 6. The third-order valence-electron chi connectivity index (χ3n) is 4.62. The van der Waals surface area contributed by atoms with Crippen LogP contribution in [-0.4, -0.2) is 29.1 Å². The van der Waals surface area contributed by atoms with Gasteiger partial charge in [-0.05, 0) is 30.2 Å². The number of amidine groups is 1. The number of ether oxygens (including phenoxy) is 1. The summed E-state index contributed by atoms with van der Waals surface area (Å²) in [6, 6.07) is 17.5. The van der Waals surface area contributed by atoms with Crippen molar-refractivity contribution in [2.75, 3.05) is 18.1 Å². The molecule has 0 fully saturated rings. The van der Waals surface area contributed by atoms with E-state index >= 15 is 0 Å².